The number of aliphatic hydroxyl groups is 2. The van der Waals surface area contributed by atoms with Gasteiger partial charge in [-0.3, -0.25) is 4.79 Å². The number of Topliss-reactive ketones (excluding diaryl/α,β-unsaturated/α-hetero) is 1. The molecule has 0 bridgehead atoms. The molecule has 2 aromatic rings. The lowest BCUT2D eigenvalue weighted by Crippen LogP contribution is -2.29. The predicted molar refractivity (Wildman–Crippen MR) is 101 cm³/mol. The number of rotatable bonds is 6. The Morgan fingerprint density at radius 1 is 1.19 bits per heavy atom. The first kappa shape index (κ1) is 19.2. The number of ketones is 1. The van der Waals surface area contributed by atoms with Crippen LogP contribution in [-0.4, -0.2) is 28.9 Å². The minimum atomic E-state index is -1.36. The smallest absolute Gasteiger partial charge is 0.175 e. The molecule has 0 unspecified atom stereocenters. The summed E-state index contributed by atoms with van der Waals surface area (Å²) in [6, 6.07) is 11.4. The topological polar surface area (TPSA) is 66.8 Å². The summed E-state index contributed by atoms with van der Waals surface area (Å²) in [5.41, 5.74) is 1.53. The Morgan fingerprint density at radius 2 is 1.88 bits per heavy atom. The molecule has 0 aliphatic heterocycles. The molecular formula is C20H20Cl2O4. The summed E-state index contributed by atoms with van der Waals surface area (Å²) in [6.07, 6.45) is -0.167. The number of hydrogen-bond acceptors (Lipinski definition) is 4. The number of ether oxygens (including phenoxy) is 1. The largest absolute Gasteiger partial charge is 0.492 e. The Kier molecular flexibility index (Phi) is 5.58. The standard InChI is InChI=1S/C20H20Cl2O4/c1-20(13-6-3-2-4-7-13)11-12-10-14(26-9-5-8-15(23)24)17(21)18(22)16(12)19(20)25/h2-4,6-7,10,15,23-24H,5,8-9,11H2,1H3/t20-/m1/s1. The molecule has 1 atom stereocenters. The number of fused-ring (bicyclic) bond motifs is 1. The van der Waals surface area contributed by atoms with Crippen LogP contribution < -0.4 is 4.74 Å². The number of halogens is 2. The maximum Gasteiger partial charge on any atom is 0.175 e. The van der Waals surface area contributed by atoms with Crippen LogP contribution in [0.2, 0.25) is 10.0 Å². The zero-order chi connectivity index (χ0) is 18.9. The molecule has 26 heavy (non-hydrogen) atoms. The Hall–Kier alpha value is -1.59. The van der Waals surface area contributed by atoms with Crippen LogP contribution in [0.15, 0.2) is 36.4 Å². The van der Waals surface area contributed by atoms with Crippen molar-refractivity contribution in [3.63, 3.8) is 0 Å². The molecule has 6 heteroatoms. The molecule has 2 aromatic carbocycles. The van der Waals surface area contributed by atoms with E-state index in [1.165, 1.54) is 0 Å². The summed E-state index contributed by atoms with van der Waals surface area (Å²) in [7, 11) is 0. The van der Waals surface area contributed by atoms with Crippen molar-refractivity contribution in [1.29, 1.82) is 0 Å². The van der Waals surface area contributed by atoms with Crippen LogP contribution in [0.25, 0.3) is 0 Å². The van der Waals surface area contributed by atoms with E-state index in [1.54, 1.807) is 6.07 Å². The molecule has 2 N–H and O–H groups in total. The van der Waals surface area contributed by atoms with E-state index >= 15 is 0 Å². The van der Waals surface area contributed by atoms with Crippen LogP contribution in [0.3, 0.4) is 0 Å². The normalized spacial score (nSPS) is 19.1. The van der Waals surface area contributed by atoms with Gasteiger partial charge < -0.3 is 14.9 Å². The first-order valence-corrected chi connectivity index (χ1v) is 9.20. The highest BCUT2D eigenvalue weighted by molar-refractivity contribution is 6.45. The lowest BCUT2D eigenvalue weighted by Gasteiger charge is -2.22. The van der Waals surface area contributed by atoms with Gasteiger partial charge in [-0.25, -0.2) is 0 Å². The van der Waals surface area contributed by atoms with Crippen LogP contribution >= 0.6 is 23.2 Å². The summed E-state index contributed by atoms with van der Waals surface area (Å²) < 4.78 is 5.65. The molecule has 0 amide bonds. The molecule has 0 fully saturated rings. The first-order valence-electron chi connectivity index (χ1n) is 8.44. The third-order valence-electron chi connectivity index (χ3n) is 4.80. The van der Waals surface area contributed by atoms with Crippen LogP contribution in [-0.2, 0) is 11.8 Å². The maximum atomic E-state index is 13.1. The average molecular weight is 395 g/mol. The minimum Gasteiger partial charge on any atom is -0.492 e. The van der Waals surface area contributed by atoms with E-state index in [2.05, 4.69) is 0 Å². The van der Waals surface area contributed by atoms with Crippen LogP contribution in [0.4, 0.5) is 0 Å². The molecule has 0 radical (unpaired) electrons. The third kappa shape index (κ3) is 3.47. The van der Waals surface area contributed by atoms with E-state index in [0.717, 1.165) is 11.1 Å². The van der Waals surface area contributed by atoms with Gasteiger partial charge in [0.1, 0.15) is 10.8 Å². The van der Waals surface area contributed by atoms with Crippen LogP contribution in [0, 0.1) is 0 Å². The second kappa shape index (κ2) is 7.57. The Labute approximate surface area is 162 Å². The number of benzene rings is 2. The number of carbonyl (C=O) groups excluding carboxylic acids is 1. The monoisotopic (exact) mass is 394 g/mol. The lowest BCUT2D eigenvalue weighted by atomic mass is 9.79. The highest BCUT2D eigenvalue weighted by Crippen LogP contribution is 2.47. The fourth-order valence-electron chi connectivity index (χ4n) is 3.37. The summed E-state index contributed by atoms with van der Waals surface area (Å²) in [4.78, 5) is 13.1. The quantitative estimate of drug-likeness (QED) is 0.570. The van der Waals surface area contributed by atoms with Gasteiger partial charge in [0.05, 0.1) is 17.0 Å². The second-order valence-corrected chi connectivity index (χ2v) is 7.47. The fourth-order valence-corrected chi connectivity index (χ4v) is 3.87. The highest BCUT2D eigenvalue weighted by Gasteiger charge is 2.45. The summed E-state index contributed by atoms with van der Waals surface area (Å²) in [5, 5.41) is 18.2. The molecule has 4 nitrogen and oxygen atoms in total. The van der Waals surface area contributed by atoms with Gasteiger partial charge >= 0.3 is 0 Å². The SMILES string of the molecule is C[C@]1(c2ccccc2)Cc2cc(OCCCC(O)O)c(Cl)c(Cl)c2C1=O. The fraction of sp³-hybridized carbons (Fsp3) is 0.350. The minimum absolute atomic E-state index is 0.0412. The van der Waals surface area contributed by atoms with Crippen molar-refractivity contribution in [2.24, 2.45) is 0 Å². The third-order valence-corrected chi connectivity index (χ3v) is 5.65. The molecule has 0 spiro atoms. The summed E-state index contributed by atoms with van der Waals surface area (Å²) in [6.45, 7) is 2.19. The Balaban J connectivity index is 1.89. The molecule has 0 saturated heterocycles. The summed E-state index contributed by atoms with van der Waals surface area (Å²) >= 11 is 12.7. The van der Waals surface area contributed by atoms with Gasteiger partial charge in [-0.1, -0.05) is 53.5 Å². The Bertz CT molecular complexity index is 820. The van der Waals surface area contributed by atoms with E-state index in [9.17, 15) is 4.79 Å². The van der Waals surface area contributed by atoms with Crippen LogP contribution in [0.5, 0.6) is 5.75 Å². The van der Waals surface area contributed by atoms with E-state index in [-0.39, 0.29) is 28.9 Å². The van der Waals surface area contributed by atoms with Gasteiger partial charge in [0, 0.05) is 12.0 Å². The number of hydrogen-bond donors (Lipinski definition) is 2. The van der Waals surface area contributed by atoms with Gasteiger partial charge in [0.25, 0.3) is 0 Å². The first-order chi connectivity index (χ1) is 12.3. The molecule has 0 heterocycles. The summed E-state index contributed by atoms with van der Waals surface area (Å²) in [5.74, 6) is 0.369. The number of carbonyl (C=O) groups is 1. The van der Waals surface area contributed by atoms with Gasteiger partial charge in [0.2, 0.25) is 0 Å². The Morgan fingerprint density at radius 3 is 2.54 bits per heavy atom. The van der Waals surface area contributed by atoms with Gasteiger partial charge in [-0.2, -0.15) is 0 Å². The van der Waals surface area contributed by atoms with Gasteiger partial charge in [0.15, 0.2) is 12.1 Å². The molecule has 1 aliphatic carbocycles. The molecule has 3 rings (SSSR count). The zero-order valence-electron chi connectivity index (χ0n) is 14.3. The van der Waals surface area contributed by atoms with Crippen molar-refractivity contribution >= 4 is 29.0 Å². The van der Waals surface area contributed by atoms with Crippen molar-refractivity contribution < 1.29 is 19.7 Å². The van der Waals surface area contributed by atoms with E-state index in [4.69, 9.17) is 38.2 Å². The maximum absolute atomic E-state index is 13.1. The van der Waals surface area contributed by atoms with Gasteiger partial charge in [-0.05, 0) is 37.0 Å². The predicted octanol–water partition coefficient (Wildman–Crippen LogP) is 4.16. The van der Waals surface area contributed by atoms with E-state index in [1.807, 2.05) is 37.3 Å². The van der Waals surface area contributed by atoms with Crippen molar-refractivity contribution in [3.05, 3.63) is 63.1 Å². The lowest BCUT2D eigenvalue weighted by molar-refractivity contribution is -0.0479. The highest BCUT2D eigenvalue weighted by atomic mass is 35.5. The van der Waals surface area contributed by atoms with Crippen molar-refractivity contribution in [1.82, 2.24) is 0 Å². The zero-order valence-corrected chi connectivity index (χ0v) is 15.8. The van der Waals surface area contributed by atoms with Crippen molar-refractivity contribution in [3.8, 4) is 5.75 Å². The molecule has 1 aliphatic rings. The second-order valence-electron chi connectivity index (χ2n) is 6.71. The number of aliphatic hydroxyl groups excluding tert-OH is 1. The van der Waals surface area contributed by atoms with Gasteiger partial charge in [-0.15, -0.1) is 0 Å². The molecule has 138 valence electrons. The van der Waals surface area contributed by atoms with Crippen molar-refractivity contribution in [2.75, 3.05) is 6.61 Å². The molecular weight excluding hydrogens is 375 g/mol. The van der Waals surface area contributed by atoms with Crippen LogP contribution in [0.1, 0.15) is 41.3 Å². The molecule has 0 saturated carbocycles. The molecule has 0 aromatic heterocycles. The van der Waals surface area contributed by atoms with E-state index < -0.39 is 11.7 Å². The van der Waals surface area contributed by atoms with E-state index in [0.29, 0.717) is 24.2 Å². The van der Waals surface area contributed by atoms with Crippen molar-refractivity contribution in [2.45, 2.75) is 37.9 Å². The average Bonchev–Trinajstić information content (AvgIpc) is 2.88.